The number of rotatable bonds is 10. The van der Waals surface area contributed by atoms with Gasteiger partial charge in [-0.3, -0.25) is 0 Å². The Morgan fingerprint density at radius 1 is 0.645 bits per heavy atom. The van der Waals surface area contributed by atoms with E-state index in [1.165, 1.54) is 24.3 Å². The normalized spacial score (nSPS) is 12.3. The van der Waals surface area contributed by atoms with Crippen LogP contribution in [0.25, 0.3) is 0 Å². The van der Waals surface area contributed by atoms with Gasteiger partial charge in [0.2, 0.25) is 0 Å². The minimum atomic E-state index is -0.270. The highest BCUT2D eigenvalue weighted by Crippen LogP contribution is 2.14. The van der Waals surface area contributed by atoms with E-state index in [0.29, 0.717) is 0 Å². The van der Waals surface area contributed by atoms with Crippen molar-refractivity contribution in [2.45, 2.75) is 77.4 Å². The van der Waals surface area contributed by atoms with E-state index >= 15 is 0 Å². The van der Waals surface area contributed by atoms with Gasteiger partial charge in [-0.15, -0.1) is 0 Å². The van der Waals surface area contributed by atoms with Crippen molar-refractivity contribution in [2.75, 3.05) is 0 Å². The molecular weight excluding hydrogens is 390 g/mol. The molecule has 0 saturated heterocycles. The molecule has 2 atom stereocenters. The number of benzene rings is 2. The Hall–Kier alpha value is -2.62. The van der Waals surface area contributed by atoms with Gasteiger partial charge in [0.25, 0.3) is 0 Å². The van der Waals surface area contributed by atoms with Crippen molar-refractivity contribution in [3.05, 3.63) is 71.3 Å². The van der Waals surface area contributed by atoms with E-state index in [9.17, 15) is 8.78 Å². The lowest BCUT2D eigenvalue weighted by molar-refractivity contribution is 0.0405. The van der Waals surface area contributed by atoms with Gasteiger partial charge >= 0.3 is 0 Å². The molecule has 0 aliphatic carbocycles. The minimum absolute atomic E-state index is 0.231. The molecule has 0 amide bonds. The zero-order valence-electron chi connectivity index (χ0n) is 18.6. The molecule has 0 fully saturated rings. The Bertz CT molecular complexity index is 804. The second-order valence-corrected chi connectivity index (χ2v) is 7.66. The number of hydrogen-bond acceptors (Lipinski definition) is 1. The topological polar surface area (TPSA) is 9.23 Å². The zero-order chi connectivity index (χ0) is 22.3. The molecular formula is C28H32F2O. The van der Waals surface area contributed by atoms with Gasteiger partial charge in [-0.25, -0.2) is 8.78 Å². The SMILES string of the molecule is CCCCCC(C#Cc1ccc(F)cc1)OC(C#Cc1ccc(F)cc1)CCCCC. The van der Waals surface area contributed by atoms with Crippen LogP contribution in [0, 0.1) is 35.3 Å². The maximum atomic E-state index is 13.1. The molecule has 2 rings (SSSR count). The summed E-state index contributed by atoms with van der Waals surface area (Å²) in [7, 11) is 0. The summed E-state index contributed by atoms with van der Waals surface area (Å²) in [6.07, 6.45) is 7.79. The molecule has 0 heterocycles. The van der Waals surface area contributed by atoms with E-state index < -0.39 is 0 Å². The van der Waals surface area contributed by atoms with Crippen LogP contribution in [-0.2, 0) is 4.74 Å². The molecule has 3 heteroatoms. The van der Waals surface area contributed by atoms with Crippen LogP contribution >= 0.6 is 0 Å². The molecule has 2 unspecified atom stereocenters. The highest BCUT2D eigenvalue weighted by molar-refractivity contribution is 5.36. The first-order chi connectivity index (χ1) is 15.1. The molecule has 0 N–H and O–H groups in total. The molecule has 2 aromatic carbocycles. The summed E-state index contributed by atoms with van der Waals surface area (Å²) in [6.45, 7) is 4.34. The molecule has 31 heavy (non-hydrogen) atoms. The summed E-state index contributed by atoms with van der Waals surface area (Å²) < 4.78 is 32.6. The lowest BCUT2D eigenvalue weighted by Gasteiger charge is -2.18. The lowest BCUT2D eigenvalue weighted by Crippen LogP contribution is -2.20. The van der Waals surface area contributed by atoms with Crippen LogP contribution in [0.1, 0.15) is 76.3 Å². The predicted octanol–water partition coefficient (Wildman–Crippen LogP) is 7.28. The molecule has 0 bridgehead atoms. The summed E-state index contributed by atoms with van der Waals surface area (Å²) in [5.74, 6) is 12.2. The molecule has 0 spiro atoms. The van der Waals surface area contributed by atoms with Gasteiger partial charge in [-0.2, -0.15) is 0 Å². The second-order valence-electron chi connectivity index (χ2n) is 7.66. The molecule has 2 aromatic rings. The molecule has 0 saturated carbocycles. The minimum Gasteiger partial charge on any atom is -0.350 e. The molecule has 0 aliphatic heterocycles. The van der Waals surface area contributed by atoms with Crippen LogP contribution in [0.3, 0.4) is 0 Å². The van der Waals surface area contributed by atoms with Gasteiger partial charge in [0, 0.05) is 11.1 Å². The fourth-order valence-corrected chi connectivity index (χ4v) is 3.10. The van der Waals surface area contributed by atoms with E-state index in [1.807, 2.05) is 0 Å². The first kappa shape index (κ1) is 24.6. The summed E-state index contributed by atoms with van der Waals surface area (Å²) in [5.41, 5.74) is 1.54. The number of ether oxygens (including phenoxy) is 1. The van der Waals surface area contributed by atoms with Crippen LogP contribution in [0.2, 0.25) is 0 Å². The quantitative estimate of drug-likeness (QED) is 0.289. The highest BCUT2D eigenvalue weighted by atomic mass is 19.1. The number of halogens is 2. The maximum Gasteiger partial charge on any atom is 0.123 e. The van der Waals surface area contributed by atoms with Gasteiger partial charge in [0.1, 0.15) is 23.8 Å². The van der Waals surface area contributed by atoms with Crippen LogP contribution < -0.4 is 0 Å². The van der Waals surface area contributed by atoms with Gasteiger partial charge in [-0.1, -0.05) is 63.2 Å². The van der Waals surface area contributed by atoms with E-state index in [4.69, 9.17) is 4.74 Å². The number of unbranched alkanes of at least 4 members (excludes halogenated alkanes) is 4. The van der Waals surface area contributed by atoms with Gasteiger partial charge in [-0.05, 0) is 74.2 Å². The van der Waals surface area contributed by atoms with E-state index in [-0.39, 0.29) is 23.8 Å². The first-order valence-corrected chi connectivity index (χ1v) is 11.3. The molecule has 0 radical (unpaired) electrons. The van der Waals surface area contributed by atoms with Crippen molar-refractivity contribution in [3.63, 3.8) is 0 Å². The van der Waals surface area contributed by atoms with Crippen molar-refractivity contribution in [2.24, 2.45) is 0 Å². The summed E-state index contributed by atoms with van der Waals surface area (Å²) in [4.78, 5) is 0. The van der Waals surface area contributed by atoms with E-state index in [0.717, 1.165) is 62.5 Å². The summed E-state index contributed by atoms with van der Waals surface area (Å²) in [5, 5.41) is 0. The fourth-order valence-electron chi connectivity index (χ4n) is 3.10. The maximum absolute atomic E-state index is 13.1. The molecule has 0 aromatic heterocycles. The van der Waals surface area contributed by atoms with Crippen molar-refractivity contribution in [1.82, 2.24) is 0 Å². The standard InChI is InChI=1S/C28H32F2O/c1-3-5-7-9-27(21-15-23-11-17-25(29)18-12-23)31-28(10-8-6-4-2)22-16-24-13-19-26(30)20-14-24/h11-14,17-20,27-28H,3-10H2,1-2H3. The van der Waals surface area contributed by atoms with Crippen molar-refractivity contribution < 1.29 is 13.5 Å². The van der Waals surface area contributed by atoms with Crippen molar-refractivity contribution >= 4 is 0 Å². The Morgan fingerprint density at radius 2 is 1.03 bits per heavy atom. The van der Waals surface area contributed by atoms with Crippen LogP contribution in [-0.4, -0.2) is 12.2 Å². The fraction of sp³-hybridized carbons (Fsp3) is 0.429. The number of hydrogen-bond donors (Lipinski definition) is 0. The van der Waals surface area contributed by atoms with E-state index in [1.54, 1.807) is 24.3 Å². The molecule has 1 nitrogen and oxygen atoms in total. The average Bonchev–Trinajstić information content (AvgIpc) is 2.78. The Morgan fingerprint density at radius 3 is 1.39 bits per heavy atom. The van der Waals surface area contributed by atoms with Crippen molar-refractivity contribution in [1.29, 1.82) is 0 Å². The Balaban J connectivity index is 2.15. The highest BCUT2D eigenvalue weighted by Gasteiger charge is 2.13. The smallest absolute Gasteiger partial charge is 0.123 e. The van der Waals surface area contributed by atoms with Crippen LogP contribution in [0.15, 0.2) is 48.5 Å². The van der Waals surface area contributed by atoms with Crippen LogP contribution in [0.4, 0.5) is 8.78 Å². The largest absolute Gasteiger partial charge is 0.350 e. The lowest BCUT2D eigenvalue weighted by atomic mass is 10.1. The predicted molar refractivity (Wildman–Crippen MR) is 124 cm³/mol. The average molecular weight is 423 g/mol. The molecule has 164 valence electrons. The zero-order valence-corrected chi connectivity index (χ0v) is 18.6. The van der Waals surface area contributed by atoms with Gasteiger partial charge in [0.05, 0.1) is 0 Å². The Kier molecular flexibility index (Phi) is 11.4. The Labute approximate surface area is 186 Å². The summed E-state index contributed by atoms with van der Waals surface area (Å²) >= 11 is 0. The first-order valence-electron chi connectivity index (χ1n) is 11.3. The monoisotopic (exact) mass is 422 g/mol. The third-order valence-electron chi connectivity index (χ3n) is 4.91. The second kappa shape index (κ2) is 14.4. The third kappa shape index (κ3) is 10.3. The molecule has 0 aliphatic rings. The van der Waals surface area contributed by atoms with Crippen molar-refractivity contribution in [3.8, 4) is 23.7 Å². The van der Waals surface area contributed by atoms with Gasteiger partial charge < -0.3 is 4.74 Å². The summed E-state index contributed by atoms with van der Waals surface area (Å²) in [6, 6.07) is 12.4. The third-order valence-corrected chi connectivity index (χ3v) is 4.91. The van der Waals surface area contributed by atoms with E-state index in [2.05, 4.69) is 37.5 Å². The van der Waals surface area contributed by atoms with Crippen LogP contribution in [0.5, 0.6) is 0 Å². The van der Waals surface area contributed by atoms with Gasteiger partial charge in [0.15, 0.2) is 0 Å².